The number of hydrogen-bond acceptors (Lipinski definition) is 4. The third kappa shape index (κ3) is 2.89. The summed E-state index contributed by atoms with van der Waals surface area (Å²) in [6.07, 6.45) is 3.39. The number of para-hydroxylation sites is 1. The molecule has 0 saturated heterocycles. The summed E-state index contributed by atoms with van der Waals surface area (Å²) in [6, 6.07) is 14.4. The molecule has 5 nitrogen and oxygen atoms in total. The summed E-state index contributed by atoms with van der Waals surface area (Å²) in [6.45, 7) is 0. The molecule has 26 heavy (non-hydrogen) atoms. The van der Waals surface area contributed by atoms with Crippen molar-refractivity contribution in [1.82, 2.24) is 9.55 Å². The van der Waals surface area contributed by atoms with Gasteiger partial charge in [0.25, 0.3) is 5.56 Å². The number of H-pyrrole nitrogens is 1. The second-order valence-electron chi connectivity index (χ2n) is 5.69. The Morgan fingerprint density at radius 1 is 1.15 bits per heavy atom. The molecule has 2 heterocycles. The fourth-order valence-corrected chi connectivity index (χ4v) is 3.17. The van der Waals surface area contributed by atoms with Crippen LogP contribution in [0.25, 0.3) is 17.8 Å². The van der Waals surface area contributed by atoms with Gasteiger partial charge in [0.15, 0.2) is 4.77 Å². The smallest absolute Gasteiger partial charge is 0.262 e. The van der Waals surface area contributed by atoms with Gasteiger partial charge in [-0.05, 0) is 54.7 Å². The number of halogens is 1. The maximum Gasteiger partial charge on any atom is 0.262 e. The van der Waals surface area contributed by atoms with E-state index in [4.69, 9.17) is 23.8 Å². The second kappa shape index (κ2) is 6.40. The third-order valence-corrected chi connectivity index (χ3v) is 4.52. The number of benzene rings is 2. The van der Waals surface area contributed by atoms with Gasteiger partial charge in [0.05, 0.1) is 16.7 Å². The number of nitrogens with one attached hydrogen (secondary N) is 1. The third-order valence-electron chi connectivity index (χ3n) is 3.99. The van der Waals surface area contributed by atoms with E-state index in [1.165, 1.54) is 10.6 Å². The highest BCUT2D eigenvalue weighted by Crippen LogP contribution is 2.23. The highest BCUT2D eigenvalue weighted by molar-refractivity contribution is 7.71. The van der Waals surface area contributed by atoms with Crippen molar-refractivity contribution in [2.75, 3.05) is 0 Å². The predicted molar refractivity (Wildman–Crippen MR) is 104 cm³/mol. The van der Waals surface area contributed by atoms with E-state index in [1.807, 2.05) is 30.3 Å². The van der Waals surface area contributed by atoms with Gasteiger partial charge in [0.2, 0.25) is 5.88 Å². The van der Waals surface area contributed by atoms with Crippen molar-refractivity contribution in [3.8, 4) is 11.6 Å². The molecule has 1 aliphatic rings. The lowest BCUT2D eigenvalue weighted by atomic mass is 10.2. The van der Waals surface area contributed by atoms with Crippen molar-refractivity contribution >= 4 is 36.0 Å². The summed E-state index contributed by atoms with van der Waals surface area (Å²) < 4.78 is 1.47. The molecule has 0 saturated carbocycles. The van der Waals surface area contributed by atoms with Crippen LogP contribution in [0.3, 0.4) is 0 Å². The van der Waals surface area contributed by atoms with Crippen LogP contribution in [0.4, 0.5) is 0 Å². The van der Waals surface area contributed by atoms with Crippen LogP contribution in [-0.4, -0.2) is 14.7 Å². The summed E-state index contributed by atoms with van der Waals surface area (Å²) in [7, 11) is 0. The molecule has 0 atom stereocenters. The first-order valence-corrected chi connectivity index (χ1v) is 8.53. The minimum absolute atomic E-state index is 0.0800. The Morgan fingerprint density at radius 3 is 2.62 bits per heavy atom. The average Bonchev–Trinajstić information content (AvgIpc) is 3.03. The first kappa shape index (κ1) is 16.5. The summed E-state index contributed by atoms with van der Waals surface area (Å²) in [4.78, 5) is 19.4. The molecule has 0 fully saturated rings. The van der Waals surface area contributed by atoms with Gasteiger partial charge in [0.1, 0.15) is 5.56 Å². The molecule has 4 rings (SSSR count). The zero-order valence-corrected chi connectivity index (χ0v) is 14.9. The molecule has 0 spiro atoms. The number of aromatic nitrogens is 2. The van der Waals surface area contributed by atoms with Gasteiger partial charge in [-0.3, -0.25) is 14.3 Å². The Balaban J connectivity index is 1.91. The SMILES string of the molecule is O=c1[nH]c(=S)n(-c2ccc(Cl)cc2)c(O)c1C=C1C=c2ccccc2=N1. The second-order valence-corrected chi connectivity index (χ2v) is 6.52. The summed E-state index contributed by atoms with van der Waals surface area (Å²) in [5.74, 6) is -0.256. The minimum Gasteiger partial charge on any atom is -0.494 e. The van der Waals surface area contributed by atoms with E-state index in [0.29, 0.717) is 16.4 Å². The molecule has 0 aliphatic carbocycles. The summed E-state index contributed by atoms with van der Waals surface area (Å²) >= 11 is 11.1. The number of allylic oxidation sites excluding steroid dienone is 1. The number of aromatic hydroxyl groups is 1. The van der Waals surface area contributed by atoms with Gasteiger partial charge < -0.3 is 5.11 Å². The van der Waals surface area contributed by atoms with Crippen molar-refractivity contribution < 1.29 is 5.11 Å². The van der Waals surface area contributed by atoms with E-state index in [2.05, 4.69) is 9.98 Å². The molecule has 1 aliphatic heterocycles. The Kier molecular flexibility index (Phi) is 4.06. The fourth-order valence-electron chi connectivity index (χ4n) is 2.76. The molecule has 2 aromatic carbocycles. The van der Waals surface area contributed by atoms with E-state index in [0.717, 1.165) is 10.6 Å². The molecule has 1 aromatic heterocycles. The van der Waals surface area contributed by atoms with E-state index in [1.54, 1.807) is 24.3 Å². The predicted octanol–water partition coefficient (Wildman–Crippen LogP) is 2.71. The molecule has 0 amide bonds. The quantitative estimate of drug-likeness (QED) is 0.670. The van der Waals surface area contributed by atoms with Gasteiger partial charge in [-0.25, -0.2) is 4.99 Å². The van der Waals surface area contributed by atoms with Crippen LogP contribution in [0.15, 0.2) is 64.0 Å². The largest absolute Gasteiger partial charge is 0.494 e. The van der Waals surface area contributed by atoms with Crippen LogP contribution in [0, 0.1) is 4.77 Å². The molecule has 0 unspecified atom stereocenters. The highest BCUT2D eigenvalue weighted by atomic mass is 35.5. The lowest BCUT2D eigenvalue weighted by Gasteiger charge is -2.11. The van der Waals surface area contributed by atoms with Gasteiger partial charge in [-0.1, -0.05) is 29.8 Å². The van der Waals surface area contributed by atoms with Crippen LogP contribution in [0.1, 0.15) is 5.56 Å². The van der Waals surface area contributed by atoms with Gasteiger partial charge in [-0.15, -0.1) is 0 Å². The standard InChI is InChI=1S/C19H12ClN3O2S/c20-12-5-7-14(8-6-12)23-18(25)15(17(24)22-19(23)26)10-13-9-11-3-1-2-4-16(11)21-13/h1-10,25H,(H,22,24,26). The molecule has 128 valence electrons. The molecule has 0 radical (unpaired) electrons. The lowest BCUT2D eigenvalue weighted by molar-refractivity contribution is 0.432. The molecule has 2 N–H and O–H groups in total. The summed E-state index contributed by atoms with van der Waals surface area (Å²) in [5.41, 5.74) is 0.760. The normalized spacial score (nSPS) is 14.0. The van der Waals surface area contributed by atoms with Gasteiger partial charge in [0, 0.05) is 10.2 Å². The first-order valence-electron chi connectivity index (χ1n) is 7.74. The Bertz CT molecular complexity index is 1250. The number of hydrogen-bond donors (Lipinski definition) is 2. The van der Waals surface area contributed by atoms with Crippen molar-refractivity contribution in [1.29, 1.82) is 0 Å². The van der Waals surface area contributed by atoms with E-state index < -0.39 is 5.56 Å². The van der Waals surface area contributed by atoms with Gasteiger partial charge in [-0.2, -0.15) is 0 Å². The zero-order chi connectivity index (χ0) is 18.3. The molecule has 3 aromatic rings. The summed E-state index contributed by atoms with van der Waals surface area (Å²) in [5, 5.41) is 13.0. The lowest BCUT2D eigenvalue weighted by Crippen LogP contribution is -2.19. The van der Waals surface area contributed by atoms with E-state index in [-0.39, 0.29) is 16.2 Å². The fraction of sp³-hybridized carbons (Fsp3) is 0. The van der Waals surface area contributed by atoms with Crippen molar-refractivity contribution in [3.63, 3.8) is 0 Å². The number of fused-ring (bicyclic) bond motifs is 1. The molecular formula is C19H12ClN3O2S. The zero-order valence-electron chi connectivity index (χ0n) is 13.3. The average molecular weight is 382 g/mol. The van der Waals surface area contributed by atoms with E-state index >= 15 is 0 Å². The maximum absolute atomic E-state index is 12.3. The number of aromatic amines is 1. The Morgan fingerprint density at radius 2 is 1.88 bits per heavy atom. The van der Waals surface area contributed by atoms with Crippen LogP contribution in [-0.2, 0) is 0 Å². The van der Waals surface area contributed by atoms with E-state index in [9.17, 15) is 9.90 Å². The highest BCUT2D eigenvalue weighted by Gasteiger charge is 2.13. The van der Waals surface area contributed by atoms with Gasteiger partial charge >= 0.3 is 0 Å². The van der Waals surface area contributed by atoms with Crippen LogP contribution < -0.4 is 16.1 Å². The van der Waals surface area contributed by atoms with Crippen LogP contribution in [0.5, 0.6) is 5.88 Å². The molecule has 0 bridgehead atoms. The van der Waals surface area contributed by atoms with Crippen molar-refractivity contribution in [2.24, 2.45) is 4.99 Å². The monoisotopic (exact) mass is 381 g/mol. The first-order chi connectivity index (χ1) is 12.5. The topological polar surface area (TPSA) is 70.4 Å². The minimum atomic E-state index is -0.482. The number of nitrogens with zero attached hydrogens (tertiary/aromatic N) is 2. The van der Waals surface area contributed by atoms with Crippen LogP contribution in [0.2, 0.25) is 5.02 Å². The number of rotatable bonds is 2. The van der Waals surface area contributed by atoms with Crippen molar-refractivity contribution in [2.45, 2.75) is 0 Å². The molecule has 7 heteroatoms. The van der Waals surface area contributed by atoms with Crippen molar-refractivity contribution in [3.05, 3.63) is 90.5 Å². The van der Waals surface area contributed by atoms with Crippen LogP contribution >= 0.6 is 23.8 Å². The maximum atomic E-state index is 12.3. The Labute approximate surface area is 157 Å². The Hall–Kier alpha value is -2.96. The molecular weight excluding hydrogens is 370 g/mol.